The highest BCUT2D eigenvalue weighted by Gasteiger charge is 2.23. The van der Waals surface area contributed by atoms with Gasteiger partial charge in [0.15, 0.2) is 0 Å². The molecule has 0 heterocycles. The zero-order valence-electron chi connectivity index (χ0n) is 29.1. The summed E-state index contributed by atoms with van der Waals surface area (Å²) in [5.41, 5.74) is -1.46. The molecule has 3 amide bonds. The molecule has 3 N–H and O–H groups in total. The van der Waals surface area contributed by atoms with E-state index in [9.17, 15) is 24.0 Å². The lowest BCUT2D eigenvalue weighted by molar-refractivity contribution is -0.158. The Labute approximate surface area is 270 Å². The lowest BCUT2D eigenvalue weighted by Crippen LogP contribution is -2.39. The highest BCUT2D eigenvalue weighted by atomic mass is 16.6. The van der Waals surface area contributed by atoms with Gasteiger partial charge < -0.3 is 34.9 Å². The summed E-state index contributed by atoms with van der Waals surface area (Å²) in [4.78, 5) is 60.9. The molecule has 0 saturated carbocycles. The first kappa shape index (κ1) is 42.0. The van der Waals surface area contributed by atoms with Crippen molar-refractivity contribution in [1.29, 1.82) is 0 Å². The lowest BCUT2D eigenvalue weighted by atomic mass is 9.99. The molecule has 12 heteroatoms. The number of carbonyl (C=O) groups is 5. The molecule has 0 fully saturated rings. The van der Waals surface area contributed by atoms with Crippen LogP contribution < -0.4 is 16.0 Å². The minimum Gasteiger partial charge on any atom is -0.460 e. The van der Waals surface area contributed by atoms with Crippen LogP contribution in [0.4, 0.5) is 9.59 Å². The molecule has 2 atom stereocenters. The number of carbonyl (C=O) groups excluding carboxylic acids is 5. The molecule has 12 nitrogen and oxygen atoms in total. The minimum atomic E-state index is -0.881. The quantitative estimate of drug-likeness (QED) is 0.0737. The van der Waals surface area contributed by atoms with Crippen LogP contribution in [-0.2, 0) is 33.3 Å². The fraction of sp³-hybridized carbons (Fsp3) is 0.848. The van der Waals surface area contributed by atoms with Crippen LogP contribution in [0.25, 0.3) is 0 Å². The molecule has 0 aromatic heterocycles. The van der Waals surface area contributed by atoms with Crippen molar-refractivity contribution in [2.24, 2.45) is 5.92 Å². The van der Waals surface area contributed by atoms with Crippen molar-refractivity contribution >= 4 is 30.0 Å². The van der Waals surface area contributed by atoms with Crippen LogP contribution in [0.1, 0.15) is 132 Å². The van der Waals surface area contributed by atoms with Crippen LogP contribution in [0, 0.1) is 5.92 Å². The van der Waals surface area contributed by atoms with Crippen molar-refractivity contribution in [3.8, 4) is 0 Å². The maximum absolute atomic E-state index is 12.5. The molecule has 45 heavy (non-hydrogen) atoms. The van der Waals surface area contributed by atoms with Crippen molar-refractivity contribution in [2.75, 3.05) is 26.2 Å². The molecule has 0 aromatic carbocycles. The Morgan fingerprint density at radius 3 is 1.60 bits per heavy atom. The van der Waals surface area contributed by atoms with Crippen LogP contribution >= 0.6 is 0 Å². The second-order valence-electron chi connectivity index (χ2n) is 13.6. The van der Waals surface area contributed by atoms with Crippen LogP contribution in [-0.4, -0.2) is 73.6 Å². The van der Waals surface area contributed by atoms with E-state index in [1.807, 2.05) is 6.92 Å². The average Bonchev–Trinajstić information content (AvgIpc) is 2.90. The minimum absolute atomic E-state index is 0.103. The van der Waals surface area contributed by atoms with Crippen molar-refractivity contribution in [3.63, 3.8) is 0 Å². The van der Waals surface area contributed by atoms with E-state index in [1.54, 1.807) is 41.5 Å². The molecule has 0 bridgehead atoms. The smallest absolute Gasteiger partial charge is 0.408 e. The molecule has 0 radical (unpaired) electrons. The third-order valence-corrected chi connectivity index (χ3v) is 6.33. The number of esters is 2. The number of rotatable bonds is 22. The Morgan fingerprint density at radius 2 is 1.11 bits per heavy atom. The van der Waals surface area contributed by atoms with Crippen LogP contribution in [0.2, 0.25) is 0 Å². The predicted octanol–water partition coefficient (Wildman–Crippen LogP) is 5.94. The van der Waals surface area contributed by atoms with Gasteiger partial charge in [-0.2, -0.15) is 0 Å². The van der Waals surface area contributed by atoms with Gasteiger partial charge in [-0.1, -0.05) is 71.6 Å². The molecule has 0 saturated heterocycles. The molecular formula is C33H61N3O9. The number of hydrogen-bond donors (Lipinski definition) is 3. The van der Waals surface area contributed by atoms with Gasteiger partial charge in [0, 0.05) is 13.0 Å². The van der Waals surface area contributed by atoms with Gasteiger partial charge in [-0.25, -0.2) is 9.59 Å². The van der Waals surface area contributed by atoms with E-state index in [0.717, 1.165) is 12.8 Å². The zero-order chi connectivity index (χ0) is 34.3. The normalized spacial score (nSPS) is 12.8. The van der Waals surface area contributed by atoms with E-state index in [0.29, 0.717) is 6.54 Å². The molecule has 0 aliphatic carbocycles. The van der Waals surface area contributed by atoms with Crippen molar-refractivity contribution in [2.45, 2.75) is 150 Å². The topological polar surface area (TPSA) is 158 Å². The molecule has 262 valence electrons. The van der Waals surface area contributed by atoms with Gasteiger partial charge in [-0.15, -0.1) is 0 Å². The number of amides is 3. The number of nitrogens with one attached hydrogen (secondary N) is 3. The van der Waals surface area contributed by atoms with Crippen molar-refractivity contribution in [1.82, 2.24) is 16.0 Å². The second kappa shape index (κ2) is 23.3. The van der Waals surface area contributed by atoms with E-state index in [2.05, 4.69) is 22.9 Å². The van der Waals surface area contributed by atoms with Crippen molar-refractivity contribution in [3.05, 3.63) is 0 Å². The predicted molar refractivity (Wildman–Crippen MR) is 173 cm³/mol. The molecule has 0 aliphatic rings. The van der Waals surface area contributed by atoms with Crippen LogP contribution in [0.5, 0.6) is 0 Å². The summed E-state index contributed by atoms with van der Waals surface area (Å²) in [5.74, 6) is -1.82. The second-order valence-corrected chi connectivity index (χ2v) is 13.6. The first-order chi connectivity index (χ1) is 21.0. The molecular weight excluding hydrogens is 582 g/mol. The number of alkyl carbamates (subject to hydrolysis) is 2. The summed E-state index contributed by atoms with van der Waals surface area (Å²) in [6.45, 7) is 13.7. The van der Waals surface area contributed by atoms with E-state index in [4.69, 9.17) is 18.9 Å². The van der Waals surface area contributed by atoms with Crippen molar-refractivity contribution < 1.29 is 42.9 Å². The van der Waals surface area contributed by atoms with E-state index >= 15 is 0 Å². The molecule has 0 aliphatic heterocycles. The van der Waals surface area contributed by atoms with Gasteiger partial charge in [0.1, 0.15) is 37.0 Å². The van der Waals surface area contributed by atoms with Crippen LogP contribution in [0.15, 0.2) is 0 Å². The van der Waals surface area contributed by atoms with Gasteiger partial charge >= 0.3 is 24.1 Å². The first-order valence-electron chi connectivity index (χ1n) is 16.6. The third-order valence-electron chi connectivity index (χ3n) is 6.33. The molecule has 0 spiro atoms. The average molecular weight is 644 g/mol. The SMILES string of the molecule is CCCCCCCCCCCCNC(=O)CC(C)C[C@H](COC(=O)CNC(=O)OC(C)(C)C)OC(=O)CNC(=O)OC(C)(C)C. The lowest BCUT2D eigenvalue weighted by Gasteiger charge is -2.22. The Balaban J connectivity index is 4.70. The van der Waals surface area contributed by atoms with E-state index < -0.39 is 54.5 Å². The first-order valence-corrected chi connectivity index (χ1v) is 16.6. The molecule has 1 unspecified atom stereocenters. The maximum atomic E-state index is 12.5. The summed E-state index contributed by atoms with van der Waals surface area (Å²) < 4.78 is 20.9. The number of hydrogen-bond acceptors (Lipinski definition) is 9. The number of unbranched alkanes of at least 4 members (excludes halogenated alkanes) is 9. The van der Waals surface area contributed by atoms with Gasteiger partial charge in [0.25, 0.3) is 0 Å². The highest BCUT2D eigenvalue weighted by molar-refractivity contribution is 5.79. The monoisotopic (exact) mass is 643 g/mol. The molecule has 0 aromatic rings. The van der Waals surface area contributed by atoms with Gasteiger partial charge in [0.05, 0.1) is 0 Å². The standard InChI is InChI=1S/C33H61N3O9/c1-9-10-11-12-13-14-15-16-17-18-19-34-27(37)21-25(2)20-26(43-29(39)23-36-31(41)45-33(6,7)8)24-42-28(38)22-35-30(40)44-32(3,4)5/h25-26H,9-24H2,1-8H3,(H,34,37)(H,35,40)(H,36,41)/t25?,26-/m1/s1. The molecule has 0 rings (SSSR count). The Morgan fingerprint density at radius 1 is 0.644 bits per heavy atom. The summed E-state index contributed by atoms with van der Waals surface area (Å²) in [6, 6.07) is 0. The fourth-order valence-electron chi connectivity index (χ4n) is 4.29. The van der Waals surface area contributed by atoms with E-state index in [-0.39, 0.29) is 31.3 Å². The number of ether oxygens (including phenoxy) is 4. The Hall–Kier alpha value is -3.05. The zero-order valence-corrected chi connectivity index (χ0v) is 29.1. The Kier molecular flexibility index (Phi) is 21.7. The summed E-state index contributed by atoms with van der Waals surface area (Å²) in [7, 11) is 0. The van der Waals surface area contributed by atoms with Gasteiger partial charge in [-0.05, 0) is 60.3 Å². The third kappa shape index (κ3) is 28.2. The Bertz CT molecular complexity index is 882. The highest BCUT2D eigenvalue weighted by Crippen LogP contribution is 2.15. The van der Waals surface area contributed by atoms with Gasteiger partial charge in [0.2, 0.25) is 5.91 Å². The van der Waals surface area contributed by atoms with Crippen LogP contribution in [0.3, 0.4) is 0 Å². The van der Waals surface area contributed by atoms with Gasteiger partial charge in [-0.3, -0.25) is 14.4 Å². The van der Waals surface area contributed by atoms with E-state index in [1.165, 1.54) is 51.4 Å². The fourth-order valence-corrected chi connectivity index (χ4v) is 4.29. The maximum Gasteiger partial charge on any atom is 0.408 e. The largest absolute Gasteiger partial charge is 0.460 e. The summed E-state index contributed by atoms with van der Waals surface area (Å²) in [6.07, 6.45) is 10.2. The summed E-state index contributed by atoms with van der Waals surface area (Å²) in [5, 5.41) is 7.60. The summed E-state index contributed by atoms with van der Waals surface area (Å²) >= 11 is 0.